The Morgan fingerprint density at radius 3 is 2.37 bits per heavy atom. The summed E-state index contributed by atoms with van der Waals surface area (Å²) in [6.07, 6.45) is 6.41. The van der Waals surface area contributed by atoms with E-state index < -0.39 is 0 Å². The van der Waals surface area contributed by atoms with E-state index in [1.54, 1.807) is 0 Å². The van der Waals surface area contributed by atoms with Crippen molar-refractivity contribution in [3.05, 3.63) is 77.7 Å². The van der Waals surface area contributed by atoms with E-state index in [4.69, 9.17) is 0 Å². The molecule has 0 radical (unpaired) electrons. The van der Waals surface area contributed by atoms with Crippen LogP contribution in [-0.4, -0.2) is 82.1 Å². The van der Waals surface area contributed by atoms with E-state index in [1.165, 1.54) is 37.1 Å². The van der Waals surface area contributed by atoms with Gasteiger partial charge in [-0.05, 0) is 80.0 Å². The van der Waals surface area contributed by atoms with Crippen LogP contribution in [0.4, 0.5) is 5.69 Å². The van der Waals surface area contributed by atoms with Gasteiger partial charge < -0.3 is 10.2 Å². The molecule has 0 unspecified atom stereocenters. The number of carbonyl (C=O) groups is 1. The van der Waals surface area contributed by atoms with Crippen molar-refractivity contribution >= 4 is 22.5 Å². The molecular weight excluding hydrogens is 474 g/mol. The van der Waals surface area contributed by atoms with Crippen molar-refractivity contribution in [2.45, 2.75) is 25.9 Å². The van der Waals surface area contributed by atoms with Crippen molar-refractivity contribution in [1.82, 2.24) is 29.9 Å². The van der Waals surface area contributed by atoms with Crippen molar-refractivity contribution in [3.63, 3.8) is 0 Å². The number of pyridine rings is 1. The van der Waals surface area contributed by atoms with Crippen LogP contribution < -0.4 is 5.32 Å². The predicted octanol–water partition coefficient (Wildman–Crippen LogP) is 4.22. The summed E-state index contributed by atoms with van der Waals surface area (Å²) in [5.74, 6) is -0.220. The average molecular weight is 510 g/mol. The van der Waals surface area contributed by atoms with Crippen LogP contribution in [0.25, 0.3) is 22.0 Å². The van der Waals surface area contributed by atoms with Crippen LogP contribution in [0.5, 0.6) is 0 Å². The molecule has 0 saturated carbocycles. The van der Waals surface area contributed by atoms with E-state index in [9.17, 15) is 4.79 Å². The molecule has 2 aliphatic rings. The average Bonchev–Trinajstić information content (AvgIpc) is 3.61. The van der Waals surface area contributed by atoms with Gasteiger partial charge in [0.25, 0.3) is 5.91 Å². The van der Waals surface area contributed by atoms with Gasteiger partial charge in [0.05, 0.1) is 5.52 Å². The first-order chi connectivity index (χ1) is 18.6. The SMILES string of the molecule is CN1CCN(Cc2cncc(-c3ccc4[nH]nc(C(=O)Nc5ccc(CN6CCCC6)cc5)c4c3)c2)CC1. The number of anilines is 1. The van der Waals surface area contributed by atoms with Gasteiger partial charge in [0.1, 0.15) is 0 Å². The Morgan fingerprint density at radius 1 is 0.842 bits per heavy atom. The van der Waals surface area contributed by atoms with Gasteiger partial charge in [0.15, 0.2) is 5.69 Å². The van der Waals surface area contributed by atoms with E-state index in [0.717, 1.165) is 67.0 Å². The summed E-state index contributed by atoms with van der Waals surface area (Å²) < 4.78 is 0. The molecule has 4 aromatic rings. The summed E-state index contributed by atoms with van der Waals surface area (Å²) in [6.45, 7) is 8.53. The second-order valence-corrected chi connectivity index (χ2v) is 10.6. The minimum Gasteiger partial charge on any atom is -0.321 e. The zero-order valence-electron chi connectivity index (χ0n) is 22.0. The highest BCUT2D eigenvalue weighted by atomic mass is 16.1. The number of fused-ring (bicyclic) bond motifs is 1. The third kappa shape index (κ3) is 5.62. The molecule has 8 nitrogen and oxygen atoms in total. The fourth-order valence-corrected chi connectivity index (χ4v) is 5.45. The topological polar surface area (TPSA) is 80.4 Å². The molecule has 2 aliphatic heterocycles. The lowest BCUT2D eigenvalue weighted by atomic mass is 10.0. The van der Waals surface area contributed by atoms with Crippen LogP contribution in [0.3, 0.4) is 0 Å². The standard InChI is InChI=1S/C30H35N7O/c1-35-12-14-37(15-13-35)21-23-16-25(19-31-18-23)24-6-9-28-27(17-24)29(34-33-28)30(38)32-26-7-4-22(5-8-26)20-36-10-2-3-11-36/h4-9,16-19H,2-3,10-15,20-21H2,1H3,(H,32,38)(H,33,34). The number of nitrogens with one attached hydrogen (secondary N) is 2. The first-order valence-corrected chi connectivity index (χ1v) is 13.6. The highest BCUT2D eigenvalue weighted by Crippen LogP contribution is 2.27. The van der Waals surface area contributed by atoms with Gasteiger partial charge in [-0.25, -0.2) is 0 Å². The van der Waals surface area contributed by atoms with Crippen LogP contribution in [-0.2, 0) is 13.1 Å². The molecule has 0 atom stereocenters. The second-order valence-electron chi connectivity index (χ2n) is 10.6. The van der Waals surface area contributed by atoms with Crippen LogP contribution in [0, 0.1) is 0 Å². The van der Waals surface area contributed by atoms with Crippen molar-refractivity contribution in [1.29, 1.82) is 0 Å². The largest absolute Gasteiger partial charge is 0.321 e. The molecule has 0 spiro atoms. The zero-order chi connectivity index (χ0) is 25.9. The molecule has 2 saturated heterocycles. The molecule has 196 valence electrons. The number of aromatic nitrogens is 3. The van der Waals surface area contributed by atoms with E-state index >= 15 is 0 Å². The van der Waals surface area contributed by atoms with Crippen LogP contribution in [0.1, 0.15) is 34.5 Å². The number of rotatable bonds is 7. The molecule has 4 heterocycles. The third-order valence-corrected chi connectivity index (χ3v) is 7.72. The number of benzene rings is 2. The van der Waals surface area contributed by atoms with E-state index in [-0.39, 0.29) is 5.91 Å². The molecule has 1 amide bonds. The number of H-pyrrole nitrogens is 1. The van der Waals surface area contributed by atoms with Gasteiger partial charge >= 0.3 is 0 Å². The summed E-state index contributed by atoms with van der Waals surface area (Å²) in [7, 11) is 2.17. The first kappa shape index (κ1) is 24.7. The zero-order valence-corrected chi connectivity index (χ0v) is 22.0. The Hall–Kier alpha value is -3.59. The van der Waals surface area contributed by atoms with Crippen LogP contribution in [0.2, 0.25) is 0 Å². The Labute approximate surface area is 223 Å². The Morgan fingerprint density at radius 2 is 1.58 bits per heavy atom. The smallest absolute Gasteiger partial charge is 0.276 e. The van der Waals surface area contributed by atoms with Gasteiger partial charge in [-0.1, -0.05) is 18.2 Å². The molecule has 2 aromatic carbocycles. The molecular formula is C30H35N7O. The lowest BCUT2D eigenvalue weighted by molar-refractivity contribution is 0.102. The van der Waals surface area contributed by atoms with Gasteiger partial charge in [-0.15, -0.1) is 0 Å². The maximum absolute atomic E-state index is 13.2. The summed E-state index contributed by atoms with van der Waals surface area (Å²) in [5, 5.41) is 11.2. The van der Waals surface area contributed by atoms with Crippen LogP contribution in [0.15, 0.2) is 60.9 Å². The molecule has 2 aromatic heterocycles. The lowest BCUT2D eigenvalue weighted by Gasteiger charge is -2.32. The number of piperazine rings is 1. The fourth-order valence-electron chi connectivity index (χ4n) is 5.45. The number of aromatic amines is 1. The normalized spacial score (nSPS) is 17.3. The van der Waals surface area contributed by atoms with Gasteiger partial charge in [0, 0.05) is 68.3 Å². The van der Waals surface area contributed by atoms with Crippen LogP contribution >= 0.6 is 0 Å². The van der Waals surface area contributed by atoms with E-state index in [0.29, 0.717) is 5.69 Å². The molecule has 8 heteroatoms. The van der Waals surface area contributed by atoms with E-state index in [2.05, 4.69) is 66.5 Å². The molecule has 2 N–H and O–H groups in total. The molecule has 6 rings (SSSR count). The van der Waals surface area contributed by atoms with Crippen molar-refractivity contribution in [2.24, 2.45) is 0 Å². The van der Waals surface area contributed by atoms with Crippen molar-refractivity contribution < 1.29 is 4.79 Å². The number of hydrogen-bond acceptors (Lipinski definition) is 6. The van der Waals surface area contributed by atoms with Gasteiger partial charge in [-0.2, -0.15) is 5.10 Å². The monoisotopic (exact) mass is 509 g/mol. The van der Waals surface area contributed by atoms with Gasteiger partial charge in [-0.3, -0.25) is 24.7 Å². The highest BCUT2D eigenvalue weighted by Gasteiger charge is 2.17. The minimum atomic E-state index is -0.220. The van der Waals surface area contributed by atoms with Crippen molar-refractivity contribution in [2.75, 3.05) is 51.6 Å². The number of nitrogens with zero attached hydrogens (tertiary/aromatic N) is 5. The fraction of sp³-hybridized carbons (Fsp3) is 0.367. The second kappa shape index (κ2) is 11.0. The molecule has 0 bridgehead atoms. The summed E-state index contributed by atoms with van der Waals surface area (Å²) >= 11 is 0. The predicted molar refractivity (Wildman–Crippen MR) is 151 cm³/mol. The quantitative estimate of drug-likeness (QED) is 0.388. The van der Waals surface area contributed by atoms with Gasteiger partial charge in [0.2, 0.25) is 0 Å². The lowest BCUT2D eigenvalue weighted by Crippen LogP contribution is -2.43. The summed E-state index contributed by atoms with van der Waals surface area (Å²) in [6, 6.07) is 16.4. The number of likely N-dealkylation sites (N-methyl/N-ethyl adjacent to an activating group) is 1. The third-order valence-electron chi connectivity index (χ3n) is 7.72. The first-order valence-electron chi connectivity index (χ1n) is 13.6. The number of hydrogen-bond donors (Lipinski definition) is 2. The molecule has 38 heavy (non-hydrogen) atoms. The highest BCUT2D eigenvalue weighted by molar-refractivity contribution is 6.11. The summed E-state index contributed by atoms with van der Waals surface area (Å²) in [4.78, 5) is 25.0. The molecule has 0 aliphatic carbocycles. The maximum Gasteiger partial charge on any atom is 0.276 e. The Balaban J connectivity index is 1.16. The maximum atomic E-state index is 13.2. The summed E-state index contributed by atoms with van der Waals surface area (Å²) in [5.41, 5.74) is 6.53. The molecule has 2 fully saturated rings. The van der Waals surface area contributed by atoms with E-state index in [1.807, 2.05) is 36.7 Å². The number of amides is 1. The number of likely N-dealkylation sites (tertiary alicyclic amines) is 1. The van der Waals surface area contributed by atoms with Crippen molar-refractivity contribution in [3.8, 4) is 11.1 Å². The Bertz CT molecular complexity index is 1400. The Kier molecular flexibility index (Phi) is 7.18. The number of carbonyl (C=O) groups excluding carboxylic acids is 1. The minimum absolute atomic E-state index is 0.220.